The highest BCUT2D eigenvalue weighted by Crippen LogP contribution is 2.52. The molecule has 5 atom stereocenters. The van der Waals surface area contributed by atoms with Crippen LogP contribution in [-0.2, 0) is 23.4 Å². The maximum absolute atomic E-state index is 15.9. The largest absolute Gasteiger partial charge is 0.462 e. The summed E-state index contributed by atoms with van der Waals surface area (Å²) in [5, 5.41) is 17.7. The normalized spacial score (nSPS) is 27.3. The van der Waals surface area contributed by atoms with Gasteiger partial charge in [-0.1, -0.05) is 18.2 Å². The predicted molar refractivity (Wildman–Crippen MR) is 140 cm³/mol. The van der Waals surface area contributed by atoms with Crippen LogP contribution in [0.4, 0.5) is 10.2 Å². The summed E-state index contributed by atoms with van der Waals surface area (Å²) in [6.45, 7) is 4.08. The van der Waals surface area contributed by atoms with Crippen LogP contribution in [0.1, 0.15) is 51.8 Å². The SMILES string of the molecule is CC(C)OC(=O)C1(NP(=O)(OC[C@H]2O[C@@H](c3cnc4c(N)ncnn34)[C@](C)(F)[C@@H]2O)Oc2ccccc2)CCC1. The molecular formula is C25H32FN6O7P. The molecule has 0 amide bonds. The third-order valence-corrected chi connectivity index (χ3v) is 8.69. The Morgan fingerprint density at radius 1 is 1.32 bits per heavy atom. The number of aromatic nitrogens is 4. The molecule has 1 aliphatic carbocycles. The van der Waals surface area contributed by atoms with Crippen LogP contribution in [0.3, 0.4) is 0 Å². The van der Waals surface area contributed by atoms with Gasteiger partial charge in [0, 0.05) is 0 Å². The van der Waals surface area contributed by atoms with Gasteiger partial charge in [0.2, 0.25) is 0 Å². The zero-order valence-corrected chi connectivity index (χ0v) is 23.2. The molecule has 1 unspecified atom stereocenters. The van der Waals surface area contributed by atoms with Crippen molar-refractivity contribution in [3.05, 3.63) is 48.5 Å². The minimum atomic E-state index is -4.29. The number of aliphatic hydroxyl groups is 1. The number of imidazole rings is 1. The van der Waals surface area contributed by atoms with Crippen LogP contribution in [0.25, 0.3) is 5.65 Å². The van der Waals surface area contributed by atoms with Gasteiger partial charge in [0.05, 0.1) is 24.6 Å². The molecular weight excluding hydrogens is 546 g/mol. The van der Waals surface area contributed by atoms with Gasteiger partial charge in [0.15, 0.2) is 17.1 Å². The molecule has 0 radical (unpaired) electrons. The molecule has 1 aromatic carbocycles. The smallest absolute Gasteiger partial charge is 0.459 e. The Morgan fingerprint density at radius 2 is 2.05 bits per heavy atom. The Balaban J connectivity index is 1.38. The summed E-state index contributed by atoms with van der Waals surface area (Å²) in [6.07, 6.45) is -0.707. The molecule has 40 heavy (non-hydrogen) atoms. The highest BCUT2D eigenvalue weighted by atomic mass is 31.2. The molecule has 1 aliphatic heterocycles. The zero-order chi connectivity index (χ0) is 28.7. The van der Waals surface area contributed by atoms with Gasteiger partial charge in [0.1, 0.15) is 35.9 Å². The molecule has 3 aromatic rings. The van der Waals surface area contributed by atoms with Crippen molar-refractivity contribution in [1.82, 2.24) is 24.7 Å². The molecule has 5 rings (SSSR count). The topological polar surface area (TPSA) is 172 Å². The lowest BCUT2D eigenvalue weighted by Crippen LogP contribution is -2.57. The van der Waals surface area contributed by atoms with Gasteiger partial charge < -0.3 is 24.8 Å². The van der Waals surface area contributed by atoms with Gasteiger partial charge in [-0.05, 0) is 52.2 Å². The lowest BCUT2D eigenvalue weighted by molar-refractivity contribution is -0.158. The number of aliphatic hydroxyl groups excluding tert-OH is 1. The number of nitrogens with one attached hydrogen (secondary N) is 1. The maximum Gasteiger partial charge on any atom is 0.459 e. The van der Waals surface area contributed by atoms with E-state index < -0.39 is 49.8 Å². The number of nitrogen functional groups attached to an aromatic ring is 1. The van der Waals surface area contributed by atoms with Gasteiger partial charge >= 0.3 is 13.7 Å². The summed E-state index contributed by atoms with van der Waals surface area (Å²) < 4.78 is 54.1. The minimum absolute atomic E-state index is 0.0891. The molecule has 0 bridgehead atoms. The number of hydrogen-bond acceptors (Lipinski definition) is 11. The van der Waals surface area contributed by atoms with Gasteiger partial charge in [-0.15, -0.1) is 0 Å². The van der Waals surface area contributed by atoms with Crippen LogP contribution >= 0.6 is 7.75 Å². The Bertz CT molecular complexity index is 1420. The standard InChI is InChI=1S/C25H32FN6O7P/c1-15(2)37-23(34)25(10-7-11-25)31-40(35,39-16-8-5-4-6-9-16)36-13-18-19(33)24(3,26)20(38-18)17-12-28-22-21(27)29-14-30-32(17)22/h4-6,8-9,12,14-15,18-20,33H,7,10-11,13H2,1-3H3,(H,31,35)(H2,27,29,30)/t18-,19-,20+,24-,40?/m1/s1. The van der Waals surface area contributed by atoms with Crippen LogP contribution < -0.4 is 15.3 Å². The Morgan fingerprint density at radius 3 is 2.70 bits per heavy atom. The monoisotopic (exact) mass is 578 g/mol. The number of ether oxygens (including phenoxy) is 2. The average molecular weight is 579 g/mol. The third kappa shape index (κ3) is 5.29. The fourth-order valence-corrected chi connectivity index (χ4v) is 6.52. The second-order valence-electron chi connectivity index (χ2n) is 10.4. The Kier molecular flexibility index (Phi) is 7.57. The fraction of sp³-hybridized carbons (Fsp3) is 0.520. The van der Waals surface area contributed by atoms with Crippen molar-refractivity contribution < 1.29 is 37.4 Å². The molecule has 13 nitrogen and oxygen atoms in total. The maximum atomic E-state index is 15.9. The summed E-state index contributed by atoms with van der Waals surface area (Å²) >= 11 is 0. The van der Waals surface area contributed by atoms with Crippen LogP contribution in [0.2, 0.25) is 0 Å². The van der Waals surface area contributed by atoms with E-state index in [9.17, 15) is 14.5 Å². The highest BCUT2D eigenvalue weighted by Gasteiger charge is 2.57. The highest BCUT2D eigenvalue weighted by molar-refractivity contribution is 7.52. The number of para-hydroxylation sites is 1. The molecule has 1 saturated carbocycles. The second-order valence-corrected chi connectivity index (χ2v) is 12.1. The number of hydrogen-bond donors (Lipinski definition) is 3. The molecule has 0 spiro atoms. The molecule has 2 aliphatic rings. The molecule has 4 N–H and O–H groups in total. The summed E-state index contributed by atoms with van der Waals surface area (Å²) in [6, 6.07) is 8.27. The van der Waals surface area contributed by atoms with Gasteiger partial charge in [-0.2, -0.15) is 10.2 Å². The number of carbonyl (C=O) groups is 1. The van der Waals surface area contributed by atoms with Gasteiger partial charge in [-0.25, -0.2) is 23.4 Å². The summed E-state index contributed by atoms with van der Waals surface area (Å²) in [4.78, 5) is 20.9. The van der Waals surface area contributed by atoms with Crippen molar-refractivity contribution in [3.8, 4) is 5.75 Å². The fourth-order valence-electron chi connectivity index (χ4n) is 4.78. The van der Waals surface area contributed by atoms with E-state index in [0.717, 1.165) is 0 Å². The summed E-state index contributed by atoms with van der Waals surface area (Å²) in [5.74, 6) is -0.267. The van der Waals surface area contributed by atoms with Crippen molar-refractivity contribution in [2.75, 3.05) is 12.3 Å². The first-order valence-corrected chi connectivity index (χ1v) is 14.4. The Labute approximate surface area is 229 Å². The van der Waals surface area contributed by atoms with E-state index in [-0.39, 0.29) is 29.0 Å². The van der Waals surface area contributed by atoms with Crippen molar-refractivity contribution in [2.24, 2.45) is 0 Å². The van der Waals surface area contributed by atoms with Crippen molar-refractivity contribution >= 4 is 25.2 Å². The molecule has 2 aromatic heterocycles. The summed E-state index contributed by atoms with van der Waals surface area (Å²) in [5.41, 5.74) is 2.65. The van der Waals surface area contributed by atoms with Gasteiger partial charge in [0.25, 0.3) is 0 Å². The first-order chi connectivity index (χ1) is 18.9. The molecule has 1 saturated heterocycles. The number of nitrogens with two attached hydrogens (primary N) is 1. The number of fused-ring (bicyclic) bond motifs is 1. The van der Waals surface area contributed by atoms with Crippen LogP contribution in [0.15, 0.2) is 42.9 Å². The lowest BCUT2D eigenvalue weighted by atomic mass is 9.78. The van der Waals surface area contributed by atoms with E-state index in [1.54, 1.807) is 44.2 Å². The summed E-state index contributed by atoms with van der Waals surface area (Å²) in [7, 11) is -4.29. The van der Waals surface area contributed by atoms with E-state index in [1.165, 1.54) is 24.0 Å². The number of halogens is 1. The first-order valence-electron chi connectivity index (χ1n) is 12.9. The first kappa shape index (κ1) is 28.4. The van der Waals surface area contributed by atoms with Crippen LogP contribution in [-0.4, -0.2) is 66.8 Å². The second kappa shape index (κ2) is 10.7. The number of anilines is 1. The average Bonchev–Trinajstić information content (AvgIpc) is 3.40. The molecule has 15 heteroatoms. The number of esters is 1. The number of nitrogens with zero attached hydrogens (tertiary/aromatic N) is 4. The van der Waals surface area contributed by atoms with E-state index in [1.807, 2.05) is 0 Å². The third-order valence-electron chi connectivity index (χ3n) is 7.05. The van der Waals surface area contributed by atoms with E-state index in [0.29, 0.717) is 19.3 Å². The lowest BCUT2D eigenvalue weighted by Gasteiger charge is -2.41. The number of rotatable bonds is 10. The van der Waals surface area contributed by atoms with E-state index in [4.69, 9.17) is 24.3 Å². The Hall–Kier alpha value is -3.16. The number of alkyl halides is 1. The van der Waals surface area contributed by atoms with Gasteiger partial charge in [-0.3, -0.25) is 9.32 Å². The van der Waals surface area contributed by atoms with Crippen LogP contribution in [0.5, 0.6) is 5.75 Å². The van der Waals surface area contributed by atoms with E-state index >= 15 is 4.39 Å². The number of benzene rings is 1. The van der Waals surface area contributed by atoms with Crippen LogP contribution in [0, 0.1) is 0 Å². The van der Waals surface area contributed by atoms with Crippen molar-refractivity contribution in [3.63, 3.8) is 0 Å². The van der Waals surface area contributed by atoms with Crippen molar-refractivity contribution in [1.29, 1.82) is 0 Å². The number of carbonyl (C=O) groups excluding carboxylic acids is 1. The zero-order valence-electron chi connectivity index (χ0n) is 22.3. The van der Waals surface area contributed by atoms with Crippen molar-refractivity contribution in [2.45, 2.75) is 75.7 Å². The molecule has 2 fully saturated rings. The minimum Gasteiger partial charge on any atom is -0.462 e. The quantitative estimate of drug-likeness (QED) is 0.238. The van der Waals surface area contributed by atoms with E-state index in [2.05, 4.69) is 20.2 Å². The predicted octanol–water partition coefficient (Wildman–Crippen LogP) is 2.90. The molecule has 216 valence electrons. The molecule has 3 heterocycles.